The van der Waals surface area contributed by atoms with E-state index in [0.29, 0.717) is 12.6 Å². The van der Waals surface area contributed by atoms with E-state index in [9.17, 15) is 8.78 Å². The number of benzene rings is 1. The van der Waals surface area contributed by atoms with E-state index < -0.39 is 11.6 Å². The topological polar surface area (TPSA) is 47.1 Å². The Bertz CT molecular complexity index is 674. The van der Waals surface area contributed by atoms with Crippen molar-refractivity contribution in [3.05, 3.63) is 47.8 Å². The van der Waals surface area contributed by atoms with Crippen LogP contribution in [-0.2, 0) is 6.54 Å². The van der Waals surface area contributed by atoms with Crippen molar-refractivity contribution in [3.8, 4) is 5.69 Å². The Morgan fingerprint density at radius 1 is 1.29 bits per heavy atom. The van der Waals surface area contributed by atoms with Gasteiger partial charge < -0.3 is 5.73 Å². The van der Waals surface area contributed by atoms with Crippen LogP contribution in [0.4, 0.5) is 8.78 Å². The molecule has 2 heterocycles. The molecule has 1 fully saturated rings. The molecule has 7 heteroatoms. The number of rotatable bonds is 4. The fourth-order valence-electron chi connectivity index (χ4n) is 3.26. The predicted molar refractivity (Wildman–Crippen MR) is 92.4 cm³/mol. The SMILES string of the molecule is CC(N)C1CCCCN1Cc1ccn(-c2ccc(F)cc2F)n1.Cl. The molecule has 0 radical (unpaired) electrons. The van der Waals surface area contributed by atoms with Crippen molar-refractivity contribution >= 4 is 12.4 Å². The summed E-state index contributed by atoms with van der Waals surface area (Å²) in [7, 11) is 0. The molecule has 1 saturated heterocycles. The molecule has 0 aliphatic carbocycles. The molecule has 0 spiro atoms. The van der Waals surface area contributed by atoms with Crippen molar-refractivity contribution in [3.63, 3.8) is 0 Å². The van der Waals surface area contributed by atoms with Crippen LogP contribution >= 0.6 is 12.4 Å². The first-order valence-corrected chi connectivity index (χ1v) is 8.04. The highest BCUT2D eigenvalue weighted by molar-refractivity contribution is 5.85. The molecule has 1 aromatic carbocycles. The van der Waals surface area contributed by atoms with Gasteiger partial charge >= 0.3 is 0 Å². The van der Waals surface area contributed by atoms with Crippen LogP contribution in [0.15, 0.2) is 30.5 Å². The molecule has 2 unspecified atom stereocenters. The Morgan fingerprint density at radius 3 is 2.79 bits per heavy atom. The third-order valence-electron chi connectivity index (χ3n) is 4.44. The number of aromatic nitrogens is 2. The molecule has 1 aromatic heterocycles. The van der Waals surface area contributed by atoms with Gasteiger partial charge in [0, 0.05) is 30.9 Å². The van der Waals surface area contributed by atoms with E-state index in [0.717, 1.165) is 31.1 Å². The fraction of sp³-hybridized carbons (Fsp3) is 0.471. The minimum absolute atomic E-state index is 0. The average molecular weight is 357 g/mol. The third kappa shape index (κ3) is 4.12. The molecule has 2 aromatic rings. The number of halogens is 3. The Balaban J connectivity index is 0.00000208. The highest BCUT2D eigenvalue weighted by atomic mass is 35.5. The molecule has 0 saturated carbocycles. The minimum atomic E-state index is -0.619. The molecular weight excluding hydrogens is 334 g/mol. The lowest BCUT2D eigenvalue weighted by Crippen LogP contribution is -2.48. The molecule has 0 amide bonds. The maximum atomic E-state index is 13.8. The highest BCUT2D eigenvalue weighted by Crippen LogP contribution is 2.21. The first-order chi connectivity index (χ1) is 11.0. The molecular formula is C17H23ClF2N4. The highest BCUT2D eigenvalue weighted by Gasteiger charge is 2.25. The standard InChI is InChI=1S/C17H22F2N4.ClH/c1-12(20)16-4-2-3-8-22(16)11-14-7-9-23(21-14)17-6-5-13(18)10-15(17)19;/h5-7,9-10,12,16H,2-4,8,11,20H2,1H3;1H. The van der Waals surface area contributed by atoms with Gasteiger partial charge in [0.15, 0.2) is 5.82 Å². The van der Waals surface area contributed by atoms with E-state index in [-0.39, 0.29) is 24.1 Å². The second-order valence-corrected chi connectivity index (χ2v) is 6.24. The van der Waals surface area contributed by atoms with E-state index in [4.69, 9.17) is 5.73 Å². The van der Waals surface area contributed by atoms with Crippen LogP contribution in [0.2, 0.25) is 0 Å². The van der Waals surface area contributed by atoms with E-state index in [1.807, 2.05) is 13.0 Å². The zero-order valence-corrected chi connectivity index (χ0v) is 14.5. The Kier molecular flexibility index (Phi) is 6.32. The summed E-state index contributed by atoms with van der Waals surface area (Å²) in [4.78, 5) is 2.35. The Labute approximate surface area is 147 Å². The van der Waals surface area contributed by atoms with E-state index in [1.54, 1.807) is 6.20 Å². The van der Waals surface area contributed by atoms with Crippen molar-refractivity contribution in [1.29, 1.82) is 0 Å². The van der Waals surface area contributed by atoms with Gasteiger partial charge in [0.25, 0.3) is 0 Å². The second kappa shape index (κ2) is 8.05. The number of piperidine rings is 1. The summed E-state index contributed by atoms with van der Waals surface area (Å²) in [6, 6.07) is 5.84. The van der Waals surface area contributed by atoms with Crippen molar-refractivity contribution in [2.24, 2.45) is 5.73 Å². The van der Waals surface area contributed by atoms with Crippen molar-refractivity contribution < 1.29 is 8.78 Å². The summed E-state index contributed by atoms with van der Waals surface area (Å²) in [6.07, 6.45) is 5.18. The number of hydrogen-bond donors (Lipinski definition) is 1. The van der Waals surface area contributed by atoms with Gasteiger partial charge in [0.1, 0.15) is 11.5 Å². The first kappa shape index (κ1) is 18.8. The van der Waals surface area contributed by atoms with Gasteiger partial charge in [-0.25, -0.2) is 13.5 Å². The van der Waals surface area contributed by atoms with Gasteiger partial charge in [-0.2, -0.15) is 5.10 Å². The van der Waals surface area contributed by atoms with E-state index in [2.05, 4.69) is 10.00 Å². The molecule has 1 aliphatic heterocycles. The third-order valence-corrected chi connectivity index (χ3v) is 4.44. The summed E-state index contributed by atoms with van der Waals surface area (Å²) in [5.41, 5.74) is 7.20. The molecule has 3 rings (SSSR count). The average Bonchev–Trinajstić information content (AvgIpc) is 2.96. The van der Waals surface area contributed by atoms with Gasteiger partial charge in [0.2, 0.25) is 0 Å². The van der Waals surface area contributed by atoms with Crippen molar-refractivity contribution in [2.45, 2.75) is 44.8 Å². The summed E-state index contributed by atoms with van der Waals surface area (Å²) in [5.74, 6) is -1.21. The summed E-state index contributed by atoms with van der Waals surface area (Å²) < 4.78 is 28.3. The monoisotopic (exact) mass is 356 g/mol. The van der Waals surface area contributed by atoms with Crippen LogP contribution in [0, 0.1) is 11.6 Å². The number of likely N-dealkylation sites (tertiary alicyclic amines) is 1. The fourth-order valence-corrected chi connectivity index (χ4v) is 3.26. The van der Waals surface area contributed by atoms with Crippen LogP contribution in [0.1, 0.15) is 31.9 Å². The van der Waals surface area contributed by atoms with E-state index in [1.165, 1.54) is 23.2 Å². The lowest BCUT2D eigenvalue weighted by atomic mass is 9.97. The number of nitrogens with zero attached hydrogens (tertiary/aromatic N) is 3. The summed E-state index contributed by atoms with van der Waals surface area (Å²) in [6.45, 7) is 3.74. The molecule has 2 N–H and O–H groups in total. The normalized spacial score (nSPS) is 19.8. The van der Waals surface area contributed by atoms with Gasteiger partial charge in [-0.1, -0.05) is 6.42 Å². The second-order valence-electron chi connectivity index (χ2n) is 6.24. The van der Waals surface area contributed by atoms with Gasteiger partial charge in [0.05, 0.1) is 5.69 Å². The predicted octanol–water partition coefficient (Wildman–Crippen LogP) is 3.27. The molecule has 2 atom stereocenters. The summed E-state index contributed by atoms with van der Waals surface area (Å²) >= 11 is 0. The lowest BCUT2D eigenvalue weighted by molar-refractivity contribution is 0.121. The number of nitrogens with two attached hydrogens (primary N) is 1. The molecule has 132 valence electrons. The van der Waals surface area contributed by atoms with Gasteiger partial charge in [-0.15, -0.1) is 12.4 Å². The lowest BCUT2D eigenvalue weighted by Gasteiger charge is -2.37. The maximum absolute atomic E-state index is 13.8. The quantitative estimate of drug-likeness (QED) is 0.914. The molecule has 4 nitrogen and oxygen atoms in total. The number of hydrogen-bond acceptors (Lipinski definition) is 3. The van der Waals surface area contributed by atoms with Gasteiger partial charge in [-0.05, 0) is 44.5 Å². The minimum Gasteiger partial charge on any atom is -0.327 e. The smallest absolute Gasteiger partial charge is 0.151 e. The van der Waals surface area contributed by atoms with Crippen molar-refractivity contribution in [2.75, 3.05) is 6.54 Å². The maximum Gasteiger partial charge on any atom is 0.151 e. The largest absolute Gasteiger partial charge is 0.327 e. The van der Waals surface area contributed by atoms with E-state index >= 15 is 0 Å². The van der Waals surface area contributed by atoms with Crippen LogP contribution in [-0.4, -0.2) is 33.3 Å². The van der Waals surface area contributed by atoms with Crippen LogP contribution < -0.4 is 5.73 Å². The Morgan fingerprint density at radius 2 is 2.08 bits per heavy atom. The molecule has 0 bridgehead atoms. The zero-order valence-electron chi connectivity index (χ0n) is 13.7. The summed E-state index contributed by atoms with van der Waals surface area (Å²) in [5, 5.41) is 4.43. The van der Waals surface area contributed by atoms with Crippen LogP contribution in [0.25, 0.3) is 5.69 Å². The first-order valence-electron chi connectivity index (χ1n) is 8.04. The molecule has 1 aliphatic rings. The van der Waals surface area contributed by atoms with Crippen LogP contribution in [0.3, 0.4) is 0 Å². The van der Waals surface area contributed by atoms with Gasteiger partial charge in [-0.3, -0.25) is 4.90 Å². The van der Waals surface area contributed by atoms with Crippen molar-refractivity contribution in [1.82, 2.24) is 14.7 Å². The Hall–Kier alpha value is -1.50. The molecule has 24 heavy (non-hydrogen) atoms. The zero-order chi connectivity index (χ0) is 16.4. The van der Waals surface area contributed by atoms with Crippen LogP contribution in [0.5, 0.6) is 0 Å².